The normalized spacial score (nSPS) is 18.3. The van der Waals surface area contributed by atoms with Crippen molar-refractivity contribution in [3.05, 3.63) is 89.5 Å². The number of Topliss-reactive ketones (excluding diaryl/α,β-unsaturated/α-hetero) is 1. The van der Waals surface area contributed by atoms with Gasteiger partial charge in [-0.25, -0.2) is 0 Å². The Balaban J connectivity index is 1.83. The second-order valence-electron chi connectivity index (χ2n) is 7.31. The first kappa shape index (κ1) is 19.9. The van der Waals surface area contributed by atoms with Crippen LogP contribution in [0.4, 0.5) is 0 Å². The van der Waals surface area contributed by atoms with Gasteiger partial charge in [0, 0.05) is 25.8 Å². The Kier molecular flexibility index (Phi) is 5.63. The smallest absolute Gasteiger partial charge is 0.295 e. The SMILES string of the molecule is COCCCN1C(=O)C(=O)/C(=C(\O)c2ccc3ccccc3c2)C1c1ccccc1. The molecule has 1 unspecified atom stereocenters. The van der Waals surface area contributed by atoms with Crippen LogP contribution in [0.25, 0.3) is 16.5 Å². The molecule has 3 aromatic carbocycles. The lowest BCUT2D eigenvalue weighted by Gasteiger charge is -2.25. The van der Waals surface area contributed by atoms with Gasteiger partial charge in [-0.15, -0.1) is 0 Å². The van der Waals surface area contributed by atoms with Crippen LogP contribution >= 0.6 is 0 Å². The zero-order valence-electron chi connectivity index (χ0n) is 16.7. The number of nitrogens with zero attached hydrogens (tertiary/aromatic N) is 1. The van der Waals surface area contributed by atoms with E-state index in [1.807, 2.05) is 66.7 Å². The lowest BCUT2D eigenvalue weighted by molar-refractivity contribution is -0.140. The standard InChI is InChI=1S/C25H23NO4/c1-30-15-7-14-26-22(18-9-3-2-4-10-18)21(24(28)25(26)29)23(27)20-13-12-17-8-5-6-11-19(17)16-20/h2-6,8-13,16,22,27H,7,14-15H2,1H3/b23-21-. The number of carbonyl (C=O) groups is 2. The Labute approximate surface area is 175 Å². The third kappa shape index (κ3) is 3.60. The van der Waals surface area contributed by atoms with Crippen LogP contribution < -0.4 is 0 Å². The number of carbonyl (C=O) groups excluding carboxylic acids is 2. The van der Waals surface area contributed by atoms with Crippen molar-refractivity contribution in [1.82, 2.24) is 4.90 Å². The summed E-state index contributed by atoms with van der Waals surface area (Å²) in [5.74, 6) is -1.41. The fourth-order valence-electron chi connectivity index (χ4n) is 3.96. The lowest BCUT2D eigenvalue weighted by atomic mass is 9.94. The number of fused-ring (bicyclic) bond motifs is 1. The van der Waals surface area contributed by atoms with Crippen molar-refractivity contribution in [2.24, 2.45) is 0 Å². The van der Waals surface area contributed by atoms with Crippen LogP contribution in [0.3, 0.4) is 0 Å². The molecule has 1 fully saturated rings. The molecule has 152 valence electrons. The molecule has 5 nitrogen and oxygen atoms in total. The first-order valence-electron chi connectivity index (χ1n) is 9.93. The molecule has 30 heavy (non-hydrogen) atoms. The third-order valence-corrected chi connectivity index (χ3v) is 5.43. The van der Waals surface area contributed by atoms with Gasteiger partial charge in [0.15, 0.2) is 0 Å². The van der Waals surface area contributed by atoms with Gasteiger partial charge in [0.05, 0.1) is 11.6 Å². The molecule has 1 atom stereocenters. The third-order valence-electron chi connectivity index (χ3n) is 5.43. The fraction of sp³-hybridized carbons (Fsp3) is 0.200. The summed E-state index contributed by atoms with van der Waals surface area (Å²) in [6, 6.07) is 22.0. The van der Waals surface area contributed by atoms with Crippen LogP contribution in [0.1, 0.15) is 23.6 Å². The number of hydrogen-bond donors (Lipinski definition) is 1. The lowest BCUT2D eigenvalue weighted by Crippen LogP contribution is -2.31. The van der Waals surface area contributed by atoms with Gasteiger partial charge >= 0.3 is 0 Å². The average molecular weight is 401 g/mol. The topological polar surface area (TPSA) is 66.8 Å². The maximum absolute atomic E-state index is 13.0. The van der Waals surface area contributed by atoms with Crippen LogP contribution in [0, 0.1) is 0 Å². The van der Waals surface area contributed by atoms with Gasteiger partial charge in [0.1, 0.15) is 5.76 Å². The monoisotopic (exact) mass is 401 g/mol. The van der Waals surface area contributed by atoms with Gasteiger partial charge in [-0.3, -0.25) is 9.59 Å². The van der Waals surface area contributed by atoms with Crippen LogP contribution in [0.5, 0.6) is 0 Å². The molecule has 5 heteroatoms. The van der Waals surface area contributed by atoms with E-state index in [9.17, 15) is 14.7 Å². The van der Waals surface area contributed by atoms with Crippen molar-refractivity contribution >= 4 is 28.2 Å². The number of aliphatic hydroxyl groups is 1. The van der Waals surface area contributed by atoms with E-state index in [0.29, 0.717) is 25.1 Å². The highest BCUT2D eigenvalue weighted by atomic mass is 16.5. The minimum absolute atomic E-state index is 0.124. The summed E-state index contributed by atoms with van der Waals surface area (Å²) < 4.78 is 5.10. The number of aliphatic hydroxyl groups excluding tert-OH is 1. The molecule has 0 spiro atoms. The van der Waals surface area contributed by atoms with E-state index in [1.165, 1.54) is 4.90 Å². The maximum Gasteiger partial charge on any atom is 0.295 e. The molecule has 0 bridgehead atoms. The van der Waals surface area contributed by atoms with Gasteiger partial charge < -0.3 is 14.7 Å². The molecule has 1 N–H and O–H groups in total. The van der Waals surface area contributed by atoms with Gasteiger partial charge in [-0.1, -0.05) is 66.7 Å². The molecule has 0 aromatic heterocycles. The van der Waals surface area contributed by atoms with Crippen molar-refractivity contribution in [3.8, 4) is 0 Å². The summed E-state index contributed by atoms with van der Waals surface area (Å²) in [5.41, 5.74) is 1.43. The van der Waals surface area contributed by atoms with Gasteiger partial charge in [0.25, 0.3) is 11.7 Å². The first-order valence-corrected chi connectivity index (χ1v) is 9.93. The second-order valence-corrected chi connectivity index (χ2v) is 7.31. The van der Waals surface area contributed by atoms with Gasteiger partial charge in [-0.05, 0) is 28.8 Å². The second kappa shape index (κ2) is 8.51. The van der Waals surface area contributed by atoms with Crippen LogP contribution in [0.2, 0.25) is 0 Å². The van der Waals surface area contributed by atoms with Crippen LogP contribution in [0.15, 0.2) is 78.4 Å². The van der Waals surface area contributed by atoms with Gasteiger partial charge in [-0.2, -0.15) is 0 Å². The molecular formula is C25H23NO4. The number of rotatable bonds is 6. The number of ether oxygens (including phenoxy) is 1. The highest BCUT2D eigenvalue weighted by molar-refractivity contribution is 6.46. The van der Waals surface area contributed by atoms with E-state index < -0.39 is 17.7 Å². The Morgan fingerprint density at radius 2 is 1.67 bits per heavy atom. The predicted octanol–water partition coefficient (Wildman–Crippen LogP) is 4.30. The first-order chi connectivity index (χ1) is 14.6. The molecule has 1 amide bonds. The van der Waals surface area contributed by atoms with E-state index in [-0.39, 0.29) is 11.3 Å². The number of methoxy groups -OCH3 is 1. The highest BCUT2D eigenvalue weighted by Gasteiger charge is 2.45. The van der Waals surface area contributed by atoms with Gasteiger partial charge in [0.2, 0.25) is 0 Å². The highest BCUT2D eigenvalue weighted by Crippen LogP contribution is 2.39. The van der Waals surface area contributed by atoms with Crippen LogP contribution in [-0.2, 0) is 14.3 Å². The number of hydrogen-bond acceptors (Lipinski definition) is 4. The molecule has 0 aliphatic carbocycles. The number of likely N-dealkylation sites (tertiary alicyclic amines) is 1. The summed E-state index contributed by atoms with van der Waals surface area (Å²) in [6.07, 6.45) is 0.600. The molecular weight excluding hydrogens is 378 g/mol. The van der Waals surface area contributed by atoms with Crippen molar-refractivity contribution in [3.63, 3.8) is 0 Å². The zero-order chi connectivity index (χ0) is 21.1. The summed E-state index contributed by atoms with van der Waals surface area (Å²) >= 11 is 0. The number of benzene rings is 3. The van der Waals surface area contributed by atoms with E-state index >= 15 is 0 Å². The van der Waals surface area contributed by atoms with Crippen molar-refractivity contribution < 1.29 is 19.4 Å². The molecule has 1 aliphatic rings. The molecule has 3 aromatic rings. The van der Waals surface area contributed by atoms with Crippen molar-refractivity contribution in [1.29, 1.82) is 0 Å². The minimum atomic E-state index is -0.660. The number of amides is 1. The molecule has 4 rings (SSSR count). The largest absolute Gasteiger partial charge is 0.507 e. The molecule has 0 saturated carbocycles. The predicted molar refractivity (Wildman–Crippen MR) is 116 cm³/mol. The molecule has 0 radical (unpaired) electrons. The van der Waals surface area contributed by atoms with E-state index in [0.717, 1.165) is 16.3 Å². The Morgan fingerprint density at radius 1 is 0.967 bits per heavy atom. The van der Waals surface area contributed by atoms with E-state index in [1.54, 1.807) is 13.2 Å². The van der Waals surface area contributed by atoms with E-state index in [4.69, 9.17) is 4.74 Å². The van der Waals surface area contributed by atoms with E-state index in [2.05, 4.69) is 0 Å². The summed E-state index contributed by atoms with van der Waals surface area (Å²) in [4.78, 5) is 27.3. The number of ketones is 1. The summed E-state index contributed by atoms with van der Waals surface area (Å²) in [6.45, 7) is 0.849. The molecule has 1 aliphatic heterocycles. The fourth-order valence-corrected chi connectivity index (χ4v) is 3.96. The zero-order valence-corrected chi connectivity index (χ0v) is 16.7. The van der Waals surface area contributed by atoms with Crippen LogP contribution in [-0.4, -0.2) is 42.0 Å². The summed E-state index contributed by atoms with van der Waals surface area (Å²) in [5, 5.41) is 13.1. The van der Waals surface area contributed by atoms with Crippen molar-refractivity contribution in [2.75, 3.05) is 20.3 Å². The Hall–Kier alpha value is -3.44. The molecule has 1 heterocycles. The Bertz CT molecular complexity index is 1120. The summed E-state index contributed by atoms with van der Waals surface area (Å²) in [7, 11) is 1.60. The average Bonchev–Trinajstić information content (AvgIpc) is 3.04. The molecule has 1 saturated heterocycles. The quantitative estimate of drug-likeness (QED) is 0.289. The maximum atomic E-state index is 13.0. The Morgan fingerprint density at radius 3 is 2.40 bits per heavy atom. The minimum Gasteiger partial charge on any atom is -0.507 e. The van der Waals surface area contributed by atoms with Crippen molar-refractivity contribution in [2.45, 2.75) is 12.5 Å².